The van der Waals surface area contributed by atoms with E-state index in [1.54, 1.807) is 26.5 Å². The van der Waals surface area contributed by atoms with Crippen molar-refractivity contribution in [2.24, 2.45) is 5.92 Å². The smallest absolute Gasteiger partial charge is 0.166 e. The molecule has 0 bridgehead atoms. The Balaban J connectivity index is 1.31. The second-order valence-electron chi connectivity index (χ2n) is 9.43. The number of fused-ring (bicyclic) bond motifs is 3. The molecule has 0 radical (unpaired) electrons. The van der Waals surface area contributed by atoms with Gasteiger partial charge in [0.25, 0.3) is 0 Å². The maximum atomic E-state index is 15.1. The number of hydrogen-bond donors (Lipinski definition) is 1. The van der Waals surface area contributed by atoms with Gasteiger partial charge in [-0.15, -0.1) is 0 Å². The highest BCUT2D eigenvalue weighted by molar-refractivity contribution is 5.89. The number of hydrogen-bond acceptors (Lipinski definition) is 5. The van der Waals surface area contributed by atoms with Crippen LogP contribution in [-0.4, -0.2) is 62.1 Å². The van der Waals surface area contributed by atoms with Gasteiger partial charge in [0.05, 0.1) is 0 Å². The van der Waals surface area contributed by atoms with Gasteiger partial charge in [-0.3, -0.25) is 0 Å². The van der Waals surface area contributed by atoms with Gasteiger partial charge < -0.3 is 24.3 Å². The van der Waals surface area contributed by atoms with E-state index in [4.69, 9.17) is 9.47 Å². The highest BCUT2D eigenvalue weighted by atomic mass is 19.1. The monoisotopic (exact) mass is 452 g/mol. The summed E-state index contributed by atoms with van der Waals surface area (Å²) in [7, 11) is 5.50. The number of benzene rings is 1. The van der Waals surface area contributed by atoms with E-state index >= 15 is 4.39 Å². The molecule has 3 aromatic rings. The van der Waals surface area contributed by atoms with E-state index in [9.17, 15) is 0 Å². The summed E-state index contributed by atoms with van der Waals surface area (Å²) in [5.74, 6) is 0.711. The zero-order valence-electron chi connectivity index (χ0n) is 19.7. The number of H-pyrrole nitrogens is 1. The molecule has 5 rings (SSSR count). The fourth-order valence-electron chi connectivity index (χ4n) is 5.30. The highest BCUT2D eigenvalue weighted by Gasteiger charge is 2.25. The number of pyridine rings is 1. The number of piperidine rings is 1. The van der Waals surface area contributed by atoms with E-state index in [1.165, 1.54) is 16.6 Å². The Bertz CT molecular complexity index is 1120. The molecule has 1 fully saturated rings. The van der Waals surface area contributed by atoms with Crippen molar-refractivity contribution in [3.8, 4) is 11.1 Å². The minimum atomic E-state index is -0.259. The number of nitrogens with zero attached hydrogens (tertiary/aromatic N) is 3. The maximum Gasteiger partial charge on any atom is 0.166 e. The standard InChI is InChI=1S/C26H33FN4O2/c1-30-9-8-23-21(16-30)20-5-4-18(14-24(20)29-23)19-13-22(27)26(28-15-19)31-10-6-17(7-11-31)12-25(32-2)33-3/h4-5,13-15,17,25,29H,6-12,16H2,1-3H3. The fraction of sp³-hybridized carbons (Fsp3) is 0.500. The second kappa shape index (κ2) is 9.41. The van der Waals surface area contributed by atoms with Crippen molar-refractivity contribution in [1.29, 1.82) is 0 Å². The van der Waals surface area contributed by atoms with Crippen molar-refractivity contribution in [1.82, 2.24) is 14.9 Å². The molecule has 1 saturated heterocycles. The van der Waals surface area contributed by atoms with Gasteiger partial charge in [-0.1, -0.05) is 12.1 Å². The molecule has 33 heavy (non-hydrogen) atoms. The van der Waals surface area contributed by atoms with E-state index in [0.29, 0.717) is 11.7 Å². The predicted octanol–water partition coefficient (Wildman–Crippen LogP) is 4.58. The maximum absolute atomic E-state index is 15.1. The largest absolute Gasteiger partial charge is 0.358 e. The summed E-state index contributed by atoms with van der Waals surface area (Å²) in [6.07, 6.45) is 5.50. The molecule has 176 valence electrons. The predicted molar refractivity (Wildman–Crippen MR) is 129 cm³/mol. The first-order valence-electron chi connectivity index (χ1n) is 11.8. The number of nitrogens with one attached hydrogen (secondary N) is 1. The Morgan fingerprint density at radius 2 is 1.91 bits per heavy atom. The lowest BCUT2D eigenvalue weighted by molar-refractivity contribution is -0.115. The van der Waals surface area contributed by atoms with Gasteiger partial charge in [-0.25, -0.2) is 9.37 Å². The van der Waals surface area contributed by atoms with Crippen LogP contribution in [0.1, 0.15) is 30.5 Å². The minimum absolute atomic E-state index is 0.167. The number of anilines is 1. The van der Waals surface area contributed by atoms with Crippen LogP contribution in [-0.2, 0) is 22.4 Å². The summed E-state index contributed by atoms with van der Waals surface area (Å²) in [6.45, 7) is 3.62. The molecular formula is C26H33FN4O2. The first kappa shape index (κ1) is 22.3. The topological polar surface area (TPSA) is 53.6 Å². The molecule has 2 aliphatic heterocycles. The average molecular weight is 453 g/mol. The van der Waals surface area contributed by atoms with Gasteiger partial charge in [-0.2, -0.15) is 0 Å². The van der Waals surface area contributed by atoms with Gasteiger partial charge >= 0.3 is 0 Å². The van der Waals surface area contributed by atoms with Crippen LogP contribution in [0.2, 0.25) is 0 Å². The Morgan fingerprint density at radius 3 is 2.64 bits per heavy atom. The number of aromatic nitrogens is 2. The molecule has 0 atom stereocenters. The lowest BCUT2D eigenvalue weighted by Crippen LogP contribution is -2.36. The molecule has 0 amide bonds. The van der Waals surface area contributed by atoms with Crippen molar-refractivity contribution in [3.63, 3.8) is 0 Å². The Kier molecular flexibility index (Phi) is 6.36. The number of rotatable bonds is 6. The molecule has 1 aromatic carbocycles. The summed E-state index contributed by atoms with van der Waals surface area (Å²) >= 11 is 0. The number of likely N-dealkylation sites (N-methyl/N-ethyl adjacent to an activating group) is 1. The van der Waals surface area contributed by atoms with E-state index in [1.807, 2.05) is 0 Å². The Labute approximate surface area is 194 Å². The lowest BCUT2D eigenvalue weighted by atomic mass is 9.93. The van der Waals surface area contributed by atoms with Gasteiger partial charge in [0.15, 0.2) is 17.9 Å². The number of aromatic amines is 1. The van der Waals surface area contributed by atoms with Crippen molar-refractivity contribution in [2.45, 2.75) is 38.5 Å². The number of ether oxygens (including phenoxy) is 2. The lowest BCUT2D eigenvalue weighted by Gasteiger charge is -2.34. The molecule has 2 aliphatic rings. The first-order chi connectivity index (χ1) is 16.1. The van der Waals surface area contributed by atoms with Crippen LogP contribution >= 0.6 is 0 Å². The van der Waals surface area contributed by atoms with Crippen molar-refractivity contribution in [3.05, 3.63) is 47.5 Å². The Hall–Kier alpha value is -2.48. The minimum Gasteiger partial charge on any atom is -0.358 e. The normalized spacial score (nSPS) is 17.8. The van der Waals surface area contributed by atoms with Crippen LogP contribution in [0.15, 0.2) is 30.5 Å². The third kappa shape index (κ3) is 4.50. The van der Waals surface area contributed by atoms with Gasteiger partial charge in [0, 0.05) is 81.6 Å². The first-order valence-corrected chi connectivity index (χ1v) is 11.8. The summed E-state index contributed by atoms with van der Waals surface area (Å²) in [4.78, 5) is 12.5. The van der Waals surface area contributed by atoms with Crippen molar-refractivity contribution < 1.29 is 13.9 Å². The van der Waals surface area contributed by atoms with E-state index in [0.717, 1.165) is 68.5 Å². The van der Waals surface area contributed by atoms with Crippen molar-refractivity contribution >= 4 is 16.7 Å². The summed E-state index contributed by atoms with van der Waals surface area (Å²) < 4.78 is 25.8. The van der Waals surface area contributed by atoms with Gasteiger partial charge in [0.1, 0.15) is 0 Å². The molecule has 4 heterocycles. The van der Waals surface area contributed by atoms with Crippen LogP contribution in [0.4, 0.5) is 10.2 Å². The highest BCUT2D eigenvalue weighted by Crippen LogP contribution is 2.33. The zero-order valence-corrected chi connectivity index (χ0v) is 19.7. The molecule has 1 N–H and O–H groups in total. The molecule has 6 nitrogen and oxygen atoms in total. The van der Waals surface area contributed by atoms with Crippen LogP contribution < -0.4 is 4.90 Å². The third-order valence-electron chi connectivity index (χ3n) is 7.29. The Morgan fingerprint density at radius 1 is 1.12 bits per heavy atom. The van der Waals surface area contributed by atoms with Gasteiger partial charge in [-0.05, 0) is 49.1 Å². The zero-order chi connectivity index (χ0) is 22.9. The molecule has 0 aliphatic carbocycles. The fourth-order valence-corrected chi connectivity index (χ4v) is 5.30. The molecule has 0 spiro atoms. The molecule has 2 aromatic heterocycles. The number of methoxy groups -OCH3 is 2. The second-order valence-corrected chi connectivity index (χ2v) is 9.43. The van der Waals surface area contributed by atoms with E-state index in [-0.39, 0.29) is 12.1 Å². The van der Waals surface area contributed by atoms with Crippen molar-refractivity contribution in [2.75, 3.05) is 45.8 Å². The molecule has 7 heteroatoms. The number of halogens is 1. The summed E-state index contributed by atoms with van der Waals surface area (Å²) in [6, 6.07) is 7.98. The van der Waals surface area contributed by atoms with E-state index in [2.05, 4.69) is 45.0 Å². The van der Waals surface area contributed by atoms with E-state index < -0.39 is 0 Å². The van der Waals surface area contributed by atoms with Crippen LogP contribution in [0.3, 0.4) is 0 Å². The van der Waals surface area contributed by atoms with Crippen LogP contribution in [0.25, 0.3) is 22.0 Å². The van der Waals surface area contributed by atoms with Crippen LogP contribution in [0.5, 0.6) is 0 Å². The van der Waals surface area contributed by atoms with Gasteiger partial charge in [0.2, 0.25) is 0 Å². The average Bonchev–Trinajstić information content (AvgIpc) is 3.20. The molecule has 0 saturated carbocycles. The quantitative estimate of drug-likeness (QED) is 0.555. The molecular weight excluding hydrogens is 419 g/mol. The molecule has 0 unspecified atom stereocenters. The summed E-state index contributed by atoms with van der Waals surface area (Å²) in [5, 5.41) is 1.26. The van der Waals surface area contributed by atoms with Crippen LogP contribution in [0, 0.1) is 11.7 Å². The summed E-state index contributed by atoms with van der Waals surface area (Å²) in [5.41, 5.74) is 5.61. The third-order valence-corrected chi connectivity index (χ3v) is 7.29. The SMILES string of the molecule is COC(CC1CCN(c2ncc(-c3ccc4c5c([nH]c4c3)CCN(C)C5)cc2F)CC1)OC.